The van der Waals surface area contributed by atoms with Crippen molar-refractivity contribution in [3.05, 3.63) is 45.7 Å². The van der Waals surface area contributed by atoms with E-state index >= 15 is 0 Å². The molecule has 1 rings (SSSR count). The van der Waals surface area contributed by atoms with Crippen molar-refractivity contribution in [2.24, 2.45) is 0 Å². The van der Waals surface area contributed by atoms with Gasteiger partial charge in [-0.25, -0.2) is 4.39 Å². The van der Waals surface area contributed by atoms with Crippen LogP contribution in [0.1, 0.15) is 5.56 Å². The van der Waals surface area contributed by atoms with Crippen LogP contribution in [-0.4, -0.2) is 0 Å². The Morgan fingerprint density at radius 3 is 2.75 bits per heavy atom. The van der Waals surface area contributed by atoms with Gasteiger partial charge in [-0.15, -0.1) is 0 Å². The topological polar surface area (TPSA) is 0 Å². The molecule has 3 heteroatoms. The van der Waals surface area contributed by atoms with Gasteiger partial charge >= 0.3 is 0 Å². The molecular formula is C9H7BrClF. The van der Waals surface area contributed by atoms with Crippen LogP contribution in [0.5, 0.6) is 0 Å². The first-order chi connectivity index (χ1) is 5.59. The number of benzene rings is 1. The molecule has 0 spiro atoms. The molecule has 64 valence electrons. The van der Waals surface area contributed by atoms with E-state index in [1.807, 2.05) is 0 Å². The Labute approximate surface area is 84.2 Å². The van der Waals surface area contributed by atoms with Crippen molar-refractivity contribution < 1.29 is 4.39 Å². The normalized spacial score (nSPS) is 9.92. The van der Waals surface area contributed by atoms with Crippen LogP contribution < -0.4 is 0 Å². The standard InChI is InChI=1S/C9H7BrClF/c1-6(10)4-7-2-3-8(11)9(12)5-7/h2-3,5H,1,4H2. The maximum absolute atomic E-state index is 12.9. The van der Waals surface area contributed by atoms with Gasteiger partial charge in [0.25, 0.3) is 0 Å². The van der Waals surface area contributed by atoms with Crippen LogP contribution in [0.2, 0.25) is 5.02 Å². The molecule has 0 saturated carbocycles. The van der Waals surface area contributed by atoms with Crippen LogP contribution in [-0.2, 0) is 6.42 Å². The van der Waals surface area contributed by atoms with Crippen LogP contribution in [0.4, 0.5) is 4.39 Å². The zero-order valence-electron chi connectivity index (χ0n) is 6.28. The first-order valence-electron chi connectivity index (χ1n) is 3.37. The molecule has 1 aromatic carbocycles. The molecule has 0 fully saturated rings. The number of halogens is 3. The molecule has 1 aromatic rings. The molecule has 0 amide bonds. The summed E-state index contributed by atoms with van der Waals surface area (Å²) in [5, 5.41) is 0.152. The third kappa shape index (κ3) is 2.61. The predicted octanol–water partition coefficient (Wildman–Crippen LogP) is 3.93. The number of hydrogen-bond acceptors (Lipinski definition) is 0. The van der Waals surface area contributed by atoms with Crippen molar-refractivity contribution in [3.63, 3.8) is 0 Å². The average Bonchev–Trinajstić information content (AvgIpc) is 1.96. The highest BCUT2D eigenvalue weighted by Crippen LogP contribution is 2.18. The van der Waals surface area contributed by atoms with Crippen LogP contribution in [0, 0.1) is 5.82 Å². The van der Waals surface area contributed by atoms with Crippen LogP contribution in [0.15, 0.2) is 29.3 Å². The molecule has 0 aromatic heterocycles. The van der Waals surface area contributed by atoms with E-state index in [9.17, 15) is 4.39 Å². The Balaban J connectivity index is 2.89. The van der Waals surface area contributed by atoms with Crippen LogP contribution in [0.3, 0.4) is 0 Å². The minimum absolute atomic E-state index is 0.152. The van der Waals surface area contributed by atoms with E-state index < -0.39 is 0 Å². The fourth-order valence-electron chi connectivity index (χ4n) is 0.871. The zero-order chi connectivity index (χ0) is 9.14. The van der Waals surface area contributed by atoms with Gasteiger partial charge in [-0.3, -0.25) is 0 Å². The Morgan fingerprint density at radius 1 is 1.58 bits per heavy atom. The summed E-state index contributed by atoms with van der Waals surface area (Å²) in [6, 6.07) is 4.73. The second kappa shape index (κ2) is 4.06. The van der Waals surface area contributed by atoms with Crippen molar-refractivity contribution in [3.8, 4) is 0 Å². The number of rotatable bonds is 2. The minimum atomic E-state index is -0.386. The van der Waals surface area contributed by atoms with Gasteiger partial charge in [-0.2, -0.15) is 0 Å². The number of hydrogen-bond donors (Lipinski definition) is 0. The molecule has 0 aliphatic carbocycles. The second-order valence-electron chi connectivity index (χ2n) is 2.44. The number of allylic oxidation sites excluding steroid dienone is 1. The predicted molar refractivity (Wildman–Crippen MR) is 53.2 cm³/mol. The summed E-state index contributed by atoms with van der Waals surface area (Å²) in [4.78, 5) is 0. The lowest BCUT2D eigenvalue weighted by Crippen LogP contribution is -1.85. The molecule has 0 saturated heterocycles. The molecule has 0 aliphatic rings. The lowest BCUT2D eigenvalue weighted by molar-refractivity contribution is 0.626. The highest BCUT2D eigenvalue weighted by Gasteiger charge is 2.00. The van der Waals surface area contributed by atoms with E-state index in [4.69, 9.17) is 11.6 Å². The maximum atomic E-state index is 12.9. The summed E-state index contributed by atoms with van der Waals surface area (Å²) >= 11 is 8.71. The summed E-state index contributed by atoms with van der Waals surface area (Å²) in [7, 11) is 0. The van der Waals surface area contributed by atoms with Crippen LogP contribution >= 0.6 is 27.5 Å². The SMILES string of the molecule is C=C(Br)Cc1ccc(Cl)c(F)c1. The Hall–Kier alpha value is -0.340. The van der Waals surface area contributed by atoms with Gasteiger partial charge < -0.3 is 0 Å². The van der Waals surface area contributed by atoms with Gasteiger partial charge in [0, 0.05) is 6.42 Å². The second-order valence-corrected chi connectivity index (χ2v) is 3.97. The molecule has 0 bridgehead atoms. The first-order valence-corrected chi connectivity index (χ1v) is 4.54. The third-order valence-corrected chi connectivity index (χ3v) is 1.97. The van der Waals surface area contributed by atoms with Gasteiger partial charge in [0.1, 0.15) is 5.82 Å². The van der Waals surface area contributed by atoms with Crippen molar-refractivity contribution in [2.45, 2.75) is 6.42 Å². The van der Waals surface area contributed by atoms with Gasteiger partial charge in [-0.1, -0.05) is 40.2 Å². The highest BCUT2D eigenvalue weighted by molar-refractivity contribution is 9.11. The lowest BCUT2D eigenvalue weighted by Gasteiger charge is -2.00. The van der Waals surface area contributed by atoms with Crippen molar-refractivity contribution in [2.75, 3.05) is 0 Å². The van der Waals surface area contributed by atoms with E-state index in [-0.39, 0.29) is 10.8 Å². The fraction of sp³-hybridized carbons (Fsp3) is 0.111. The highest BCUT2D eigenvalue weighted by atomic mass is 79.9. The van der Waals surface area contributed by atoms with Gasteiger partial charge in [0.2, 0.25) is 0 Å². The monoisotopic (exact) mass is 248 g/mol. The van der Waals surface area contributed by atoms with Crippen molar-refractivity contribution >= 4 is 27.5 Å². The molecular weight excluding hydrogens is 242 g/mol. The lowest BCUT2D eigenvalue weighted by atomic mass is 10.1. The van der Waals surface area contributed by atoms with E-state index in [2.05, 4.69) is 22.5 Å². The summed E-state index contributed by atoms with van der Waals surface area (Å²) in [6.07, 6.45) is 0.619. The summed E-state index contributed by atoms with van der Waals surface area (Å²) in [5.74, 6) is -0.386. The molecule has 0 atom stereocenters. The molecule has 0 N–H and O–H groups in total. The van der Waals surface area contributed by atoms with Gasteiger partial charge in [-0.05, 0) is 22.2 Å². The third-order valence-electron chi connectivity index (χ3n) is 1.38. The largest absolute Gasteiger partial charge is 0.205 e. The summed E-state index contributed by atoms with van der Waals surface area (Å²) in [6.45, 7) is 3.66. The van der Waals surface area contributed by atoms with Crippen LogP contribution in [0.25, 0.3) is 0 Å². The van der Waals surface area contributed by atoms with Crippen molar-refractivity contribution in [1.82, 2.24) is 0 Å². The molecule has 0 nitrogen and oxygen atoms in total. The minimum Gasteiger partial charge on any atom is -0.205 e. The van der Waals surface area contributed by atoms with Crippen molar-refractivity contribution in [1.29, 1.82) is 0 Å². The average molecular weight is 250 g/mol. The summed E-state index contributed by atoms with van der Waals surface area (Å²) in [5.41, 5.74) is 0.860. The summed E-state index contributed by atoms with van der Waals surface area (Å²) < 4.78 is 13.7. The van der Waals surface area contributed by atoms with E-state index in [0.717, 1.165) is 10.0 Å². The Morgan fingerprint density at radius 2 is 2.25 bits per heavy atom. The fourth-order valence-corrected chi connectivity index (χ4v) is 1.31. The molecule has 0 heterocycles. The van der Waals surface area contributed by atoms with Gasteiger partial charge in [0.15, 0.2) is 0 Å². The van der Waals surface area contributed by atoms with E-state index in [1.165, 1.54) is 6.07 Å². The van der Waals surface area contributed by atoms with E-state index in [0.29, 0.717) is 6.42 Å². The van der Waals surface area contributed by atoms with Gasteiger partial charge in [0.05, 0.1) is 5.02 Å². The molecule has 0 unspecified atom stereocenters. The Kier molecular flexibility index (Phi) is 3.29. The zero-order valence-corrected chi connectivity index (χ0v) is 8.62. The molecule has 0 radical (unpaired) electrons. The molecule has 0 aliphatic heterocycles. The van der Waals surface area contributed by atoms with E-state index in [1.54, 1.807) is 12.1 Å². The smallest absolute Gasteiger partial charge is 0.142 e. The maximum Gasteiger partial charge on any atom is 0.142 e. The Bertz CT molecular complexity index is 309. The quantitative estimate of drug-likeness (QED) is 0.745. The first kappa shape index (κ1) is 9.75. The molecule has 12 heavy (non-hydrogen) atoms.